The van der Waals surface area contributed by atoms with E-state index in [1.54, 1.807) is 25.3 Å². The minimum atomic E-state index is -0.681. The molecule has 1 aromatic heterocycles. The first kappa shape index (κ1) is 21.9. The van der Waals surface area contributed by atoms with E-state index in [1.165, 1.54) is 43.5 Å². The molecule has 0 radical (unpaired) electrons. The second-order valence-corrected chi connectivity index (χ2v) is 8.38. The van der Waals surface area contributed by atoms with Crippen LogP contribution in [0, 0.1) is 18.6 Å². The van der Waals surface area contributed by atoms with Gasteiger partial charge in [0.25, 0.3) is 5.91 Å². The molecule has 0 saturated heterocycles. The van der Waals surface area contributed by atoms with E-state index >= 15 is 0 Å². The normalized spacial score (nSPS) is 14.3. The van der Waals surface area contributed by atoms with Crippen LogP contribution in [0.5, 0.6) is 0 Å². The topological polar surface area (TPSA) is 80.9 Å². The van der Waals surface area contributed by atoms with Crippen molar-refractivity contribution in [2.75, 3.05) is 5.73 Å². The first-order valence-electron chi connectivity index (χ1n) is 10.9. The fourth-order valence-corrected chi connectivity index (χ4v) is 4.26. The first-order valence-corrected chi connectivity index (χ1v) is 10.9. The van der Waals surface area contributed by atoms with Crippen molar-refractivity contribution in [3.63, 3.8) is 0 Å². The zero-order chi connectivity index (χ0) is 22.7. The van der Waals surface area contributed by atoms with Crippen LogP contribution in [-0.4, -0.2) is 15.9 Å². The Morgan fingerprint density at radius 1 is 1.12 bits per heavy atom. The van der Waals surface area contributed by atoms with Gasteiger partial charge in [-0.15, -0.1) is 0 Å². The molecule has 1 saturated carbocycles. The van der Waals surface area contributed by atoms with Gasteiger partial charge in [0.1, 0.15) is 23.1 Å². The third-order valence-electron chi connectivity index (χ3n) is 5.89. The summed E-state index contributed by atoms with van der Waals surface area (Å²) in [7, 11) is 0. The average Bonchev–Trinajstić information content (AvgIpc) is 2.78. The lowest BCUT2D eigenvalue weighted by Crippen LogP contribution is -2.24. The molecule has 3 aromatic rings. The molecule has 4 rings (SSSR count). The number of nitrogen functional groups attached to an aromatic ring is 1. The van der Waals surface area contributed by atoms with Gasteiger partial charge in [-0.1, -0.05) is 31.4 Å². The van der Waals surface area contributed by atoms with Crippen molar-refractivity contribution in [2.45, 2.75) is 51.5 Å². The van der Waals surface area contributed by atoms with E-state index in [0.717, 1.165) is 24.1 Å². The zero-order valence-corrected chi connectivity index (χ0v) is 18.0. The first-order chi connectivity index (χ1) is 15.4. The van der Waals surface area contributed by atoms with Crippen LogP contribution in [-0.2, 0) is 6.54 Å². The molecule has 0 atom stereocenters. The third kappa shape index (κ3) is 4.93. The smallest absolute Gasteiger partial charge is 0.254 e. The van der Waals surface area contributed by atoms with Gasteiger partial charge in [-0.05, 0) is 55.2 Å². The average molecular weight is 437 g/mol. The van der Waals surface area contributed by atoms with Gasteiger partial charge < -0.3 is 11.1 Å². The van der Waals surface area contributed by atoms with E-state index in [4.69, 9.17) is 5.73 Å². The van der Waals surface area contributed by atoms with Crippen molar-refractivity contribution in [2.24, 2.45) is 0 Å². The van der Waals surface area contributed by atoms with Gasteiger partial charge in [0.15, 0.2) is 0 Å². The number of carbonyl (C=O) groups excluding carboxylic acids is 1. The minimum absolute atomic E-state index is 0.0977. The van der Waals surface area contributed by atoms with E-state index in [-0.39, 0.29) is 23.7 Å². The van der Waals surface area contributed by atoms with Gasteiger partial charge in [-0.25, -0.2) is 18.7 Å². The molecule has 2 aromatic carbocycles. The number of carbonyl (C=O) groups is 1. The second kappa shape index (κ2) is 9.42. The molecule has 7 heteroatoms. The van der Waals surface area contributed by atoms with Crippen LogP contribution in [0.3, 0.4) is 0 Å². The fourth-order valence-electron chi connectivity index (χ4n) is 4.26. The molecule has 1 aliphatic carbocycles. The summed E-state index contributed by atoms with van der Waals surface area (Å²) in [6.45, 7) is 1.87. The molecule has 1 heterocycles. The number of halogens is 2. The van der Waals surface area contributed by atoms with Gasteiger partial charge in [0.05, 0.1) is 17.5 Å². The number of hydrogen-bond acceptors (Lipinski definition) is 4. The lowest BCUT2D eigenvalue weighted by Gasteiger charge is -2.21. The van der Waals surface area contributed by atoms with Gasteiger partial charge >= 0.3 is 0 Å². The highest BCUT2D eigenvalue weighted by molar-refractivity contribution is 5.95. The Balaban J connectivity index is 1.52. The monoisotopic (exact) mass is 436 g/mol. The Hall–Kier alpha value is -3.35. The van der Waals surface area contributed by atoms with Crippen molar-refractivity contribution in [3.05, 3.63) is 76.6 Å². The molecule has 0 spiro atoms. The van der Waals surface area contributed by atoms with E-state index in [0.29, 0.717) is 22.7 Å². The summed E-state index contributed by atoms with van der Waals surface area (Å²) >= 11 is 0. The molecule has 3 N–H and O–H groups in total. The number of anilines is 1. The Morgan fingerprint density at radius 2 is 1.91 bits per heavy atom. The molecule has 1 amide bonds. The van der Waals surface area contributed by atoms with Crippen LogP contribution in [0.4, 0.5) is 14.6 Å². The van der Waals surface area contributed by atoms with E-state index in [1.807, 2.05) is 0 Å². The van der Waals surface area contributed by atoms with Crippen molar-refractivity contribution in [1.82, 2.24) is 15.3 Å². The number of hydrogen-bond donors (Lipinski definition) is 2. The number of rotatable bonds is 5. The van der Waals surface area contributed by atoms with Crippen molar-refractivity contribution in [3.8, 4) is 11.3 Å². The summed E-state index contributed by atoms with van der Waals surface area (Å²) < 4.78 is 28.3. The highest BCUT2D eigenvalue weighted by Crippen LogP contribution is 2.33. The summed E-state index contributed by atoms with van der Waals surface area (Å²) in [5.74, 6) is -1.07. The maximum atomic E-state index is 14.8. The third-order valence-corrected chi connectivity index (χ3v) is 5.89. The lowest BCUT2D eigenvalue weighted by atomic mass is 9.87. The Morgan fingerprint density at radius 3 is 2.62 bits per heavy atom. The molecular weight excluding hydrogens is 410 g/mol. The number of benzene rings is 2. The van der Waals surface area contributed by atoms with Crippen LogP contribution in [0.2, 0.25) is 0 Å². The van der Waals surface area contributed by atoms with E-state index < -0.39 is 11.7 Å². The summed E-state index contributed by atoms with van der Waals surface area (Å²) in [6, 6.07) is 8.80. The number of aryl methyl sites for hydroxylation is 1. The van der Waals surface area contributed by atoms with Crippen LogP contribution < -0.4 is 11.1 Å². The quantitative estimate of drug-likeness (QED) is 0.569. The van der Waals surface area contributed by atoms with Gasteiger partial charge in [0, 0.05) is 18.0 Å². The number of nitrogens with one attached hydrogen (secondary N) is 1. The molecule has 0 aliphatic heterocycles. The SMILES string of the molecule is Cc1cc(F)cc(CNC(=O)c2ccc(-c3nc(C4CCCCC4)cnc3N)cc2F)c1. The molecule has 1 aliphatic rings. The lowest BCUT2D eigenvalue weighted by molar-refractivity contribution is 0.0947. The molecule has 5 nitrogen and oxygen atoms in total. The second-order valence-electron chi connectivity index (χ2n) is 8.38. The number of amides is 1. The molecular formula is C25H26F2N4O. The maximum Gasteiger partial charge on any atom is 0.254 e. The number of nitrogens with two attached hydrogens (primary N) is 1. The van der Waals surface area contributed by atoms with Crippen LogP contribution in [0.15, 0.2) is 42.6 Å². The van der Waals surface area contributed by atoms with Crippen LogP contribution in [0.1, 0.15) is 65.2 Å². The summed E-state index contributed by atoms with van der Waals surface area (Å²) in [6.07, 6.45) is 7.41. The standard InChI is InChI=1S/C25H26F2N4O/c1-15-9-16(11-19(26)10-15)13-30-25(32)20-8-7-18(12-21(20)27)23-24(28)29-14-22(31-23)17-5-3-2-4-6-17/h7-12,14,17H,2-6,13H2,1H3,(H2,28,29)(H,30,32). The summed E-state index contributed by atoms with van der Waals surface area (Å²) in [5.41, 5.74) is 9.06. The fraction of sp³-hybridized carbons (Fsp3) is 0.320. The van der Waals surface area contributed by atoms with Gasteiger partial charge in [0.2, 0.25) is 0 Å². The largest absolute Gasteiger partial charge is 0.382 e. The van der Waals surface area contributed by atoms with E-state index in [9.17, 15) is 13.6 Å². The summed E-state index contributed by atoms with van der Waals surface area (Å²) in [5, 5.41) is 2.63. The Bertz CT molecular complexity index is 1120. The molecule has 32 heavy (non-hydrogen) atoms. The van der Waals surface area contributed by atoms with Gasteiger partial charge in [-0.3, -0.25) is 4.79 Å². The van der Waals surface area contributed by atoms with Crippen molar-refractivity contribution in [1.29, 1.82) is 0 Å². The zero-order valence-electron chi connectivity index (χ0n) is 18.0. The van der Waals surface area contributed by atoms with Crippen LogP contribution >= 0.6 is 0 Å². The molecule has 166 valence electrons. The minimum Gasteiger partial charge on any atom is -0.382 e. The summed E-state index contributed by atoms with van der Waals surface area (Å²) in [4.78, 5) is 21.4. The molecule has 1 fully saturated rings. The maximum absolute atomic E-state index is 14.8. The highest BCUT2D eigenvalue weighted by Gasteiger charge is 2.20. The van der Waals surface area contributed by atoms with Gasteiger partial charge in [-0.2, -0.15) is 0 Å². The Labute approximate surface area is 186 Å². The Kier molecular flexibility index (Phi) is 6.44. The van der Waals surface area contributed by atoms with Crippen molar-refractivity contribution >= 4 is 11.7 Å². The van der Waals surface area contributed by atoms with Crippen molar-refractivity contribution < 1.29 is 13.6 Å². The predicted molar refractivity (Wildman–Crippen MR) is 120 cm³/mol. The van der Waals surface area contributed by atoms with Crippen LogP contribution in [0.25, 0.3) is 11.3 Å². The predicted octanol–water partition coefficient (Wildman–Crippen LogP) is 5.29. The number of nitrogens with zero attached hydrogens (tertiary/aromatic N) is 2. The van der Waals surface area contributed by atoms with E-state index in [2.05, 4.69) is 15.3 Å². The highest BCUT2D eigenvalue weighted by atomic mass is 19.1. The number of aromatic nitrogens is 2. The molecule has 0 bridgehead atoms. The molecule has 0 unspecified atom stereocenters.